The van der Waals surface area contributed by atoms with E-state index < -0.39 is 0 Å². The topological polar surface area (TPSA) is 83.6 Å². The summed E-state index contributed by atoms with van der Waals surface area (Å²) in [6.07, 6.45) is 0.179. The molecule has 26 heavy (non-hydrogen) atoms. The van der Waals surface area contributed by atoms with Crippen molar-refractivity contribution < 1.29 is 14.3 Å². The molecule has 1 aliphatic heterocycles. The molecule has 2 N–H and O–H groups in total. The second-order valence-corrected chi connectivity index (χ2v) is 7.89. The number of rotatable bonds is 7. The molecule has 7 nitrogen and oxygen atoms in total. The molecular weight excluding hydrogens is 372 g/mol. The van der Waals surface area contributed by atoms with E-state index in [1.807, 2.05) is 22.9 Å². The maximum Gasteiger partial charge on any atom is 0.228 e. The van der Waals surface area contributed by atoms with Crippen molar-refractivity contribution in [2.45, 2.75) is 25.9 Å². The largest absolute Gasteiger partial charge is 0.379 e. The fourth-order valence-electron chi connectivity index (χ4n) is 2.74. The number of morpholine rings is 1. The van der Waals surface area contributed by atoms with Crippen LogP contribution in [0.25, 0.3) is 0 Å². The molecule has 0 saturated carbocycles. The smallest absolute Gasteiger partial charge is 0.228 e. The summed E-state index contributed by atoms with van der Waals surface area (Å²) in [6, 6.07) is 3.51. The van der Waals surface area contributed by atoms with Gasteiger partial charge in [-0.05, 0) is 11.4 Å². The number of nitrogens with one attached hydrogen (secondary N) is 2. The van der Waals surface area contributed by atoms with Crippen LogP contribution in [0.1, 0.15) is 30.0 Å². The number of hydrogen-bond acceptors (Lipinski definition) is 7. The third-order valence-electron chi connectivity index (χ3n) is 3.94. The van der Waals surface area contributed by atoms with Crippen molar-refractivity contribution in [2.75, 3.05) is 31.6 Å². The summed E-state index contributed by atoms with van der Waals surface area (Å²) in [7, 11) is 0. The number of amides is 2. The number of carbonyl (C=O) groups is 2. The molecular formula is C17H22N4O3S2. The average Bonchev–Trinajstić information content (AvgIpc) is 3.27. The number of aromatic nitrogens is 1. The highest BCUT2D eigenvalue weighted by molar-refractivity contribution is 7.14. The lowest BCUT2D eigenvalue weighted by molar-refractivity contribution is -0.120. The fraction of sp³-hybridized carbons (Fsp3) is 0.471. The first-order valence-corrected chi connectivity index (χ1v) is 10.2. The van der Waals surface area contributed by atoms with Gasteiger partial charge in [0.2, 0.25) is 11.8 Å². The molecule has 1 aliphatic rings. The van der Waals surface area contributed by atoms with Crippen molar-refractivity contribution in [3.05, 3.63) is 33.5 Å². The zero-order valence-electron chi connectivity index (χ0n) is 14.6. The molecule has 1 fully saturated rings. The predicted molar refractivity (Wildman–Crippen MR) is 102 cm³/mol. The third-order valence-corrected chi connectivity index (χ3v) is 5.73. The highest BCUT2D eigenvalue weighted by Gasteiger charge is 2.19. The molecule has 0 aromatic carbocycles. The van der Waals surface area contributed by atoms with Gasteiger partial charge in [0.1, 0.15) is 0 Å². The third kappa shape index (κ3) is 5.60. The van der Waals surface area contributed by atoms with Crippen LogP contribution in [0.5, 0.6) is 0 Å². The lowest BCUT2D eigenvalue weighted by atomic mass is 10.1. The summed E-state index contributed by atoms with van der Waals surface area (Å²) in [6.45, 7) is 5.52. The van der Waals surface area contributed by atoms with E-state index in [0.717, 1.165) is 43.4 Å². The van der Waals surface area contributed by atoms with Gasteiger partial charge in [-0.2, -0.15) is 0 Å². The Kier molecular flexibility index (Phi) is 6.73. The van der Waals surface area contributed by atoms with Gasteiger partial charge in [0.15, 0.2) is 5.13 Å². The Bertz CT molecular complexity index is 726. The molecule has 1 unspecified atom stereocenters. The van der Waals surface area contributed by atoms with Gasteiger partial charge in [-0.3, -0.25) is 14.5 Å². The van der Waals surface area contributed by atoms with Crippen LogP contribution in [0.4, 0.5) is 5.13 Å². The molecule has 1 saturated heterocycles. The lowest BCUT2D eigenvalue weighted by Crippen LogP contribution is -2.35. The molecule has 1 atom stereocenters. The van der Waals surface area contributed by atoms with E-state index in [1.54, 1.807) is 0 Å². The first-order chi connectivity index (χ1) is 12.6. The number of carbonyl (C=O) groups excluding carboxylic acids is 2. The van der Waals surface area contributed by atoms with Gasteiger partial charge in [-0.25, -0.2) is 4.98 Å². The first-order valence-electron chi connectivity index (χ1n) is 8.45. The van der Waals surface area contributed by atoms with Gasteiger partial charge in [0, 0.05) is 36.8 Å². The molecule has 9 heteroatoms. The number of anilines is 1. The SMILES string of the molecule is CC(=O)NC(CC(=O)Nc1nc(CN2CCOCC2)cs1)c1cccs1. The van der Waals surface area contributed by atoms with Crippen LogP contribution in [0.2, 0.25) is 0 Å². The summed E-state index contributed by atoms with van der Waals surface area (Å²) in [5, 5.41) is 10.2. The predicted octanol–water partition coefficient (Wildman–Crippen LogP) is 2.24. The zero-order valence-corrected chi connectivity index (χ0v) is 16.2. The minimum Gasteiger partial charge on any atom is -0.379 e. The Morgan fingerprint density at radius 1 is 1.35 bits per heavy atom. The monoisotopic (exact) mass is 394 g/mol. The molecule has 3 heterocycles. The summed E-state index contributed by atoms with van der Waals surface area (Å²) in [5.41, 5.74) is 0.948. The number of ether oxygens (including phenoxy) is 1. The minimum atomic E-state index is -0.319. The van der Waals surface area contributed by atoms with Gasteiger partial charge in [0.25, 0.3) is 0 Å². The van der Waals surface area contributed by atoms with Crippen LogP contribution >= 0.6 is 22.7 Å². The molecule has 2 aromatic heterocycles. The number of thiophene rings is 1. The number of thiazole rings is 1. The van der Waals surface area contributed by atoms with Crippen molar-refractivity contribution in [3.8, 4) is 0 Å². The van der Waals surface area contributed by atoms with Crippen molar-refractivity contribution in [1.82, 2.24) is 15.2 Å². The standard InChI is InChI=1S/C17H22N4O3S2/c1-12(22)18-14(15-3-2-8-25-15)9-16(23)20-17-19-13(11-26-17)10-21-4-6-24-7-5-21/h2-3,8,11,14H,4-7,9-10H2,1H3,(H,18,22)(H,19,20,23). The van der Waals surface area contributed by atoms with Gasteiger partial charge >= 0.3 is 0 Å². The maximum atomic E-state index is 12.4. The van der Waals surface area contributed by atoms with E-state index in [0.29, 0.717) is 5.13 Å². The van der Waals surface area contributed by atoms with E-state index in [9.17, 15) is 9.59 Å². The van der Waals surface area contributed by atoms with Crippen molar-refractivity contribution >= 4 is 39.6 Å². The van der Waals surface area contributed by atoms with E-state index in [4.69, 9.17) is 4.74 Å². The Balaban J connectivity index is 1.54. The van der Waals surface area contributed by atoms with Crippen LogP contribution in [-0.4, -0.2) is 48.0 Å². The van der Waals surface area contributed by atoms with E-state index in [1.165, 1.54) is 29.6 Å². The highest BCUT2D eigenvalue weighted by atomic mass is 32.1. The molecule has 3 rings (SSSR count). The Hall–Kier alpha value is -1.81. The molecule has 2 aromatic rings. The second kappa shape index (κ2) is 9.22. The minimum absolute atomic E-state index is 0.154. The zero-order chi connectivity index (χ0) is 18.4. The van der Waals surface area contributed by atoms with E-state index in [2.05, 4.69) is 20.5 Å². The van der Waals surface area contributed by atoms with Gasteiger partial charge in [-0.1, -0.05) is 6.07 Å². The Morgan fingerprint density at radius 3 is 2.85 bits per heavy atom. The number of nitrogens with zero attached hydrogens (tertiary/aromatic N) is 2. The van der Waals surface area contributed by atoms with Gasteiger partial charge < -0.3 is 15.4 Å². The summed E-state index contributed by atoms with van der Waals surface area (Å²) < 4.78 is 5.34. The van der Waals surface area contributed by atoms with Gasteiger partial charge in [-0.15, -0.1) is 22.7 Å². The van der Waals surface area contributed by atoms with Gasteiger partial charge in [0.05, 0.1) is 31.4 Å². The highest BCUT2D eigenvalue weighted by Crippen LogP contribution is 2.23. The van der Waals surface area contributed by atoms with Crippen molar-refractivity contribution in [1.29, 1.82) is 0 Å². The normalized spacial score (nSPS) is 16.2. The first kappa shape index (κ1) is 19.0. The maximum absolute atomic E-state index is 12.4. The van der Waals surface area contributed by atoms with Crippen LogP contribution in [0, 0.1) is 0 Å². The Labute approximate surface area is 160 Å². The molecule has 0 aliphatic carbocycles. The van der Waals surface area contributed by atoms with Crippen LogP contribution in [0.15, 0.2) is 22.9 Å². The van der Waals surface area contributed by atoms with E-state index >= 15 is 0 Å². The summed E-state index contributed by atoms with van der Waals surface area (Å²) in [5.74, 6) is -0.317. The number of hydrogen-bond donors (Lipinski definition) is 2. The second-order valence-electron chi connectivity index (χ2n) is 6.05. The summed E-state index contributed by atoms with van der Waals surface area (Å²) in [4.78, 5) is 31.5. The van der Waals surface area contributed by atoms with E-state index in [-0.39, 0.29) is 24.3 Å². The molecule has 0 bridgehead atoms. The van der Waals surface area contributed by atoms with Crippen LogP contribution in [0.3, 0.4) is 0 Å². The van der Waals surface area contributed by atoms with Crippen LogP contribution < -0.4 is 10.6 Å². The Morgan fingerprint density at radius 2 is 2.15 bits per heavy atom. The average molecular weight is 395 g/mol. The fourth-order valence-corrected chi connectivity index (χ4v) is 4.23. The molecule has 0 radical (unpaired) electrons. The van der Waals surface area contributed by atoms with Crippen LogP contribution in [-0.2, 0) is 20.9 Å². The summed E-state index contributed by atoms with van der Waals surface area (Å²) >= 11 is 2.94. The molecule has 2 amide bonds. The van der Waals surface area contributed by atoms with Crippen molar-refractivity contribution in [3.63, 3.8) is 0 Å². The molecule has 0 spiro atoms. The van der Waals surface area contributed by atoms with Crippen molar-refractivity contribution in [2.24, 2.45) is 0 Å². The molecule has 140 valence electrons. The lowest BCUT2D eigenvalue weighted by Gasteiger charge is -2.25. The quantitative estimate of drug-likeness (QED) is 0.753.